The summed E-state index contributed by atoms with van der Waals surface area (Å²) in [6.45, 7) is -0.108. The molecular formula is C11H11Cl2NO3S. The molecule has 2 rings (SSSR count). The molecule has 0 aromatic carbocycles. The summed E-state index contributed by atoms with van der Waals surface area (Å²) in [7, 11) is 0. The Morgan fingerprint density at radius 3 is 2.56 bits per heavy atom. The molecular weight excluding hydrogens is 297 g/mol. The van der Waals surface area contributed by atoms with Crippen molar-refractivity contribution in [2.45, 2.75) is 19.4 Å². The van der Waals surface area contributed by atoms with E-state index >= 15 is 0 Å². The molecule has 0 radical (unpaired) electrons. The average molecular weight is 308 g/mol. The molecule has 98 valence electrons. The standard InChI is InChI=1S/C11H11Cl2NO3S/c12-8-3-7(10(13)18-8)4-14(5-9(15)16)11(17)6-1-2-6/h3,6H,1-2,4-5H2,(H,15,16). The molecule has 0 saturated heterocycles. The first kappa shape index (κ1) is 13.6. The number of hydrogen-bond donors (Lipinski definition) is 1. The lowest BCUT2D eigenvalue weighted by molar-refractivity contribution is -0.145. The average Bonchev–Trinajstić information content (AvgIpc) is 3.04. The summed E-state index contributed by atoms with van der Waals surface area (Å²) in [5, 5.41) is 8.84. The number of carboxylic acids is 1. The van der Waals surface area contributed by atoms with Crippen molar-refractivity contribution < 1.29 is 14.7 Å². The van der Waals surface area contributed by atoms with Gasteiger partial charge in [-0.1, -0.05) is 23.2 Å². The van der Waals surface area contributed by atoms with Crippen molar-refractivity contribution in [3.8, 4) is 0 Å². The summed E-state index contributed by atoms with van der Waals surface area (Å²) in [5.74, 6) is -1.16. The van der Waals surface area contributed by atoms with Crippen molar-refractivity contribution in [3.05, 3.63) is 20.3 Å². The molecule has 0 aliphatic heterocycles. The lowest BCUT2D eigenvalue weighted by Crippen LogP contribution is -2.36. The van der Waals surface area contributed by atoms with E-state index in [9.17, 15) is 9.59 Å². The van der Waals surface area contributed by atoms with Crippen molar-refractivity contribution in [1.82, 2.24) is 4.90 Å². The smallest absolute Gasteiger partial charge is 0.323 e. The van der Waals surface area contributed by atoms with Crippen molar-refractivity contribution in [3.63, 3.8) is 0 Å². The zero-order valence-corrected chi connectivity index (χ0v) is 11.7. The van der Waals surface area contributed by atoms with E-state index in [1.165, 1.54) is 16.2 Å². The third-order valence-electron chi connectivity index (χ3n) is 2.65. The molecule has 1 aromatic rings. The molecule has 1 aliphatic carbocycles. The summed E-state index contributed by atoms with van der Waals surface area (Å²) in [6, 6.07) is 1.67. The predicted octanol–water partition coefficient (Wildman–Crippen LogP) is 2.88. The van der Waals surface area contributed by atoms with Gasteiger partial charge in [0.1, 0.15) is 6.54 Å². The van der Waals surface area contributed by atoms with Crippen LogP contribution in [0.25, 0.3) is 0 Å². The highest BCUT2D eigenvalue weighted by atomic mass is 35.5. The van der Waals surface area contributed by atoms with E-state index in [1.54, 1.807) is 6.07 Å². The van der Waals surface area contributed by atoms with Crippen LogP contribution in [0.3, 0.4) is 0 Å². The minimum Gasteiger partial charge on any atom is -0.480 e. The maximum atomic E-state index is 12.0. The van der Waals surface area contributed by atoms with Crippen LogP contribution < -0.4 is 0 Å². The molecule has 0 unspecified atom stereocenters. The number of nitrogens with zero attached hydrogens (tertiary/aromatic N) is 1. The number of carboxylic acid groups (broad SMARTS) is 1. The van der Waals surface area contributed by atoms with Crippen LogP contribution in [0, 0.1) is 5.92 Å². The van der Waals surface area contributed by atoms with Gasteiger partial charge in [0.15, 0.2) is 0 Å². The third kappa shape index (κ3) is 3.37. The van der Waals surface area contributed by atoms with Crippen LogP contribution in [0.4, 0.5) is 0 Å². The first-order valence-corrected chi connectivity index (χ1v) is 6.99. The Bertz CT molecular complexity index is 485. The van der Waals surface area contributed by atoms with Crippen molar-refractivity contribution in [2.24, 2.45) is 5.92 Å². The maximum absolute atomic E-state index is 12.0. The summed E-state index contributed by atoms with van der Waals surface area (Å²) in [6.07, 6.45) is 1.68. The van der Waals surface area contributed by atoms with Crippen LogP contribution in [0.5, 0.6) is 0 Å². The van der Waals surface area contributed by atoms with Crippen LogP contribution >= 0.6 is 34.5 Å². The minimum absolute atomic E-state index is 0.0165. The van der Waals surface area contributed by atoms with Gasteiger partial charge in [0.25, 0.3) is 0 Å². The number of thiophene rings is 1. The molecule has 1 fully saturated rings. The molecule has 1 aromatic heterocycles. The van der Waals surface area contributed by atoms with Gasteiger partial charge in [-0.05, 0) is 18.9 Å². The summed E-state index contributed by atoms with van der Waals surface area (Å²) < 4.78 is 1.03. The van der Waals surface area contributed by atoms with Crippen LogP contribution in [0.2, 0.25) is 8.67 Å². The van der Waals surface area contributed by atoms with Crippen LogP contribution in [0.15, 0.2) is 6.07 Å². The maximum Gasteiger partial charge on any atom is 0.323 e. The van der Waals surface area contributed by atoms with Gasteiger partial charge in [-0.25, -0.2) is 0 Å². The largest absolute Gasteiger partial charge is 0.480 e. The molecule has 0 bridgehead atoms. The number of rotatable bonds is 5. The molecule has 1 amide bonds. The lowest BCUT2D eigenvalue weighted by Gasteiger charge is -2.20. The monoisotopic (exact) mass is 307 g/mol. The number of carbonyl (C=O) groups is 2. The first-order chi connectivity index (χ1) is 8.47. The van der Waals surface area contributed by atoms with Crippen LogP contribution in [-0.4, -0.2) is 28.4 Å². The molecule has 18 heavy (non-hydrogen) atoms. The van der Waals surface area contributed by atoms with Gasteiger partial charge >= 0.3 is 5.97 Å². The fraction of sp³-hybridized carbons (Fsp3) is 0.455. The Morgan fingerprint density at radius 1 is 1.44 bits per heavy atom. The zero-order valence-electron chi connectivity index (χ0n) is 9.36. The van der Waals surface area contributed by atoms with E-state index in [-0.39, 0.29) is 24.9 Å². The van der Waals surface area contributed by atoms with E-state index < -0.39 is 5.97 Å². The Kier molecular flexibility index (Phi) is 4.14. The van der Waals surface area contributed by atoms with Gasteiger partial charge in [0.2, 0.25) is 5.91 Å². The SMILES string of the molecule is O=C(O)CN(Cc1cc(Cl)sc1Cl)C(=O)C1CC1. The third-order valence-corrected chi connectivity index (χ3v) is 4.22. The van der Waals surface area contributed by atoms with Gasteiger partial charge in [-0.2, -0.15) is 0 Å². The molecule has 1 N–H and O–H groups in total. The first-order valence-electron chi connectivity index (χ1n) is 5.41. The number of carbonyl (C=O) groups excluding carboxylic acids is 1. The molecule has 0 atom stereocenters. The number of halogens is 2. The van der Waals surface area contributed by atoms with Gasteiger partial charge in [-0.15, -0.1) is 11.3 Å². The quantitative estimate of drug-likeness (QED) is 0.910. The van der Waals surface area contributed by atoms with Gasteiger partial charge in [-0.3, -0.25) is 9.59 Å². The second-order valence-electron chi connectivity index (χ2n) is 4.21. The van der Waals surface area contributed by atoms with Crippen molar-refractivity contribution in [2.75, 3.05) is 6.54 Å². The Hall–Kier alpha value is -0.780. The van der Waals surface area contributed by atoms with Crippen LogP contribution in [0.1, 0.15) is 18.4 Å². The van der Waals surface area contributed by atoms with Gasteiger partial charge in [0, 0.05) is 18.0 Å². The number of amides is 1. The summed E-state index contributed by atoms with van der Waals surface area (Å²) in [5.41, 5.74) is 0.696. The highest BCUT2D eigenvalue weighted by Crippen LogP contribution is 2.34. The minimum atomic E-state index is -1.03. The van der Waals surface area contributed by atoms with E-state index in [0.29, 0.717) is 14.2 Å². The van der Waals surface area contributed by atoms with Gasteiger partial charge < -0.3 is 10.0 Å². The number of hydrogen-bond acceptors (Lipinski definition) is 3. The van der Waals surface area contributed by atoms with E-state index in [0.717, 1.165) is 12.8 Å². The molecule has 0 spiro atoms. The van der Waals surface area contributed by atoms with E-state index in [4.69, 9.17) is 28.3 Å². The zero-order chi connectivity index (χ0) is 13.3. The van der Waals surface area contributed by atoms with E-state index in [1.807, 2.05) is 0 Å². The molecule has 7 heteroatoms. The molecule has 1 aliphatic rings. The fourth-order valence-corrected chi connectivity index (χ4v) is 3.12. The topological polar surface area (TPSA) is 57.6 Å². The molecule has 4 nitrogen and oxygen atoms in total. The van der Waals surface area contributed by atoms with Crippen molar-refractivity contribution >= 4 is 46.4 Å². The summed E-state index contributed by atoms with van der Waals surface area (Å²) in [4.78, 5) is 24.1. The van der Waals surface area contributed by atoms with Gasteiger partial charge in [0.05, 0.1) is 8.67 Å². The number of aliphatic carboxylic acids is 1. The molecule has 1 saturated carbocycles. The fourth-order valence-electron chi connectivity index (χ4n) is 1.65. The summed E-state index contributed by atoms with van der Waals surface area (Å²) >= 11 is 13.0. The van der Waals surface area contributed by atoms with Crippen molar-refractivity contribution in [1.29, 1.82) is 0 Å². The highest BCUT2D eigenvalue weighted by Gasteiger charge is 2.34. The second kappa shape index (κ2) is 5.47. The Morgan fingerprint density at radius 2 is 2.11 bits per heavy atom. The Balaban J connectivity index is 2.11. The Labute approximate surface area is 118 Å². The highest BCUT2D eigenvalue weighted by molar-refractivity contribution is 7.20. The lowest BCUT2D eigenvalue weighted by atomic mass is 10.2. The normalized spacial score (nSPS) is 14.6. The predicted molar refractivity (Wildman–Crippen MR) is 70.1 cm³/mol. The molecule has 1 heterocycles. The second-order valence-corrected chi connectivity index (χ2v) is 6.50. The van der Waals surface area contributed by atoms with Crippen LogP contribution in [-0.2, 0) is 16.1 Å². The van der Waals surface area contributed by atoms with E-state index in [2.05, 4.69) is 0 Å².